The van der Waals surface area contributed by atoms with Crippen LogP contribution in [0.5, 0.6) is 0 Å². The number of aryl methyl sites for hydroxylation is 1. The van der Waals surface area contributed by atoms with Gasteiger partial charge < -0.3 is 5.11 Å². The van der Waals surface area contributed by atoms with Crippen LogP contribution in [0, 0.1) is 6.92 Å². The van der Waals surface area contributed by atoms with Gasteiger partial charge in [-0.15, -0.1) is 0 Å². The molecule has 2 aromatic rings. The van der Waals surface area contributed by atoms with E-state index in [0.29, 0.717) is 0 Å². The zero-order valence-electron chi connectivity index (χ0n) is 9.62. The minimum atomic E-state index is -0.644. The van der Waals surface area contributed by atoms with Crippen molar-refractivity contribution in [2.75, 3.05) is 0 Å². The van der Waals surface area contributed by atoms with E-state index in [1.165, 1.54) is 0 Å². The van der Waals surface area contributed by atoms with Crippen LogP contribution in [0.1, 0.15) is 22.8 Å². The van der Waals surface area contributed by atoms with Gasteiger partial charge >= 0.3 is 0 Å². The summed E-state index contributed by atoms with van der Waals surface area (Å²) >= 11 is 10.3. The number of hydrogen-bond donors (Lipinski definition) is 1. The number of aliphatic hydroxyl groups is 1. The normalized spacial score (nSPS) is 12.5. The highest BCUT2D eigenvalue weighted by molar-refractivity contribution is 9.11. The second kappa shape index (κ2) is 5.87. The van der Waals surface area contributed by atoms with E-state index in [4.69, 9.17) is 0 Å². The molecule has 0 radical (unpaired) electrons. The minimum absolute atomic E-state index is 0.644. The first kappa shape index (κ1) is 14.3. The predicted octanol–water partition coefficient (Wildman–Crippen LogP) is 5.36. The molecule has 2 rings (SSSR count). The van der Waals surface area contributed by atoms with Crippen molar-refractivity contribution in [2.45, 2.75) is 13.0 Å². The summed E-state index contributed by atoms with van der Waals surface area (Å²) in [4.78, 5) is 0. The Morgan fingerprint density at radius 2 is 1.44 bits per heavy atom. The Morgan fingerprint density at radius 1 is 0.889 bits per heavy atom. The Labute approximate surface area is 132 Å². The van der Waals surface area contributed by atoms with Gasteiger partial charge in [0.15, 0.2) is 0 Å². The van der Waals surface area contributed by atoms with Crippen molar-refractivity contribution < 1.29 is 5.11 Å². The molecule has 0 amide bonds. The van der Waals surface area contributed by atoms with E-state index < -0.39 is 6.10 Å². The van der Waals surface area contributed by atoms with Crippen molar-refractivity contribution >= 4 is 47.8 Å². The molecule has 0 spiro atoms. The van der Waals surface area contributed by atoms with E-state index >= 15 is 0 Å². The fourth-order valence-electron chi connectivity index (χ4n) is 1.80. The average Bonchev–Trinajstić information content (AvgIpc) is 2.34. The molecule has 1 nitrogen and oxygen atoms in total. The standard InChI is InChI=1S/C14H11Br3O/c1-8-2-3-9(15)6-11(8)14(18)12-7-10(16)4-5-13(12)17/h2-7,14,18H,1H3. The third-order valence-corrected chi connectivity index (χ3v) is 4.50. The predicted molar refractivity (Wildman–Crippen MR) is 84.8 cm³/mol. The lowest BCUT2D eigenvalue weighted by Gasteiger charge is -2.16. The van der Waals surface area contributed by atoms with Crippen molar-refractivity contribution in [3.05, 3.63) is 66.5 Å². The SMILES string of the molecule is Cc1ccc(Br)cc1C(O)c1cc(Br)ccc1Br. The highest BCUT2D eigenvalue weighted by Crippen LogP contribution is 2.33. The third kappa shape index (κ3) is 3.05. The molecule has 2 aromatic carbocycles. The van der Waals surface area contributed by atoms with E-state index in [1.807, 2.05) is 43.3 Å². The molecule has 1 N–H and O–H groups in total. The first-order valence-corrected chi connectivity index (χ1v) is 7.76. The molecule has 18 heavy (non-hydrogen) atoms. The fraction of sp³-hybridized carbons (Fsp3) is 0.143. The maximum absolute atomic E-state index is 10.5. The minimum Gasteiger partial charge on any atom is -0.384 e. The molecular weight excluding hydrogens is 424 g/mol. The lowest BCUT2D eigenvalue weighted by Crippen LogP contribution is -2.03. The van der Waals surface area contributed by atoms with E-state index in [9.17, 15) is 5.11 Å². The number of hydrogen-bond acceptors (Lipinski definition) is 1. The summed E-state index contributed by atoms with van der Waals surface area (Å²) in [6.45, 7) is 2.00. The maximum Gasteiger partial charge on any atom is 0.105 e. The van der Waals surface area contributed by atoms with Gasteiger partial charge in [0.25, 0.3) is 0 Å². The van der Waals surface area contributed by atoms with Gasteiger partial charge in [-0.2, -0.15) is 0 Å². The summed E-state index contributed by atoms with van der Waals surface area (Å²) in [5, 5.41) is 10.5. The van der Waals surface area contributed by atoms with Crippen LogP contribution >= 0.6 is 47.8 Å². The summed E-state index contributed by atoms with van der Waals surface area (Å²) in [6.07, 6.45) is -0.644. The van der Waals surface area contributed by atoms with Gasteiger partial charge in [-0.05, 0) is 48.4 Å². The molecule has 0 aromatic heterocycles. The molecule has 0 aliphatic heterocycles. The second-order valence-electron chi connectivity index (χ2n) is 4.07. The first-order chi connectivity index (χ1) is 8.49. The molecular formula is C14H11Br3O. The lowest BCUT2D eigenvalue weighted by atomic mass is 9.98. The molecule has 0 saturated heterocycles. The first-order valence-electron chi connectivity index (χ1n) is 5.38. The van der Waals surface area contributed by atoms with Gasteiger partial charge in [0.05, 0.1) is 0 Å². The van der Waals surface area contributed by atoms with Crippen molar-refractivity contribution in [1.29, 1.82) is 0 Å². The summed E-state index contributed by atoms with van der Waals surface area (Å²) in [7, 11) is 0. The summed E-state index contributed by atoms with van der Waals surface area (Å²) in [6, 6.07) is 11.7. The van der Waals surface area contributed by atoms with Crippen molar-refractivity contribution in [3.8, 4) is 0 Å². The number of aliphatic hydroxyl groups excluding tert-OH is 1. The molecule has 0 heterocycles. The Morgan fingerprint density at radius 3 is 2.11 bits per heavy atom. The summed E-state index contributed by atoms with van der Waals surface area (Å²) < 4.78 is 2.82. The summed E-state index contributed by atoms with van der Waals surface area (Å²) in [5.41, 5.74) is 2.83. The molecule has 0 bridgehead atoms. The highest BCUT2D eigenvalue weighted by atomic mass is 79.9. The topological polar surface area (TPSA) is 20.2 Å². The van der Waals surface area contributed by atoms with E-state index in [1.54, 1.807) is 0 Å². The molecule has 0 fully saturated rings. The van der Waals surface area contributed by atoms with Gasteiger partial charge in [0.2, 0.25) is 0 Å². The Balaban J connectivity index is 2.50. The van der Waals surface area contributed by atoms with Gasteiger partial charge in [-0.3, -0.25) is 0 Å². The lowest BCUT2D eigenvalue weighted by molar-refractivity contribution is 0.218. The quantitative estimate of drug-likeness (QED) is 0.674. The van der Waals surface area contributed by atoms with Crippen LogP contribution in [0.25, 0.3) is 0 Å². The van der Waals surface area contributed by atoms with E-state index in [2.05, 4.69) is 47.8 Å². The van der Waals surface area contributed by atoms with Crippen LogP contribution < -0.4 is 0 Å². The van der Waals surface area contributed by atoms with Crippen LogP contribution in [-0.2, 0) is 0 Å². The second-order valence-corrected chi connectivity index (χ2v) is 6.75. The van der Waals surface area contributed by atoms with Crippen molar-refractivity contribution in [3.63, 3.8) is 0 Å². The van der Waals surface area contributed by atoms with Gasteiger partial charge in [-0.25, -0.2) is 0 Å². The molecule has 1 atom stereocenters. The number of halogens is 3. The van der Waals surface area contributed by atoms with E-state index in [-0.39, 0.29) is 0 Å². The summed E-state index contributed by atoms with van der Waals surface area (Å²) in [5.74, 6) is 0. The zero-order valence-corrected chi connectivity index (χ0v) is 14.4. The smallest absolute Gasteiger partial charge is 0.105 e. The largest absolute Gasteiger partial charge is 0.384 e. The van der Waals surface area contributed by atoms with Gasteiger partial charge in [0, 0.05) is 19.0 Å². The van der Waals surface area contributed by atoms with Crippen molar-refractivity contribution in [1.82, 2.24) is 0 Å². The number of rotatable bonds is 2. The highest BCUT2D eigenvalue weighted by Gasteiger charge is 2.16. The maximum atomic E-state index is 10.5. The van der Waals surface area contributed by atoms with Crippen LogP contribution in [0.3, 0.4) is 0 Å². The van der Waals surface area contributed by atoms with Crippen LogP contribution in [0.4, 0.5) is 0 Å². The Hall–Kier alpha value is -0.160. The average molecular weight is 435 g/mol. The van der Waals surface area contributed by atoms with Gasteiger partial charge in [-0.1, -0.05) is 53.9 Å². The Bertz CT molecular complexity index is 530. The number of benzene rings is 2. The van der Waals surface area contributed by atoms with Crippen LogP contribution in [-0.4, -0.2) is 5.11 Å². The zero-order chi connectivity index (χ0) is 13.3. The van der Waals surface area contributed by atoms with Crippen LogP contribution in [0.2, 0.25) is 0 Å². The molecule has 4 heteroatoms. The monoisotopic (exact) mass is 432 g/mol. The molecule has 0 aliphatic rings. The van der Waals surface area contributed by atoms with Gasteiger partial charge in [0.1, 0.15) is 6.10 Å². The van der Waals surface area contributed by atoms with E-state index in [0.717, 1.165) is 30.1 Å². The molecule has 0 aliphatic carbocycles. The third-order valence-electron chi connectivity index (χ3n) is 2.79. The molecule has 0 saturated carbocycles. The van der Waals surface area contributed by atoms with Crippen molar-refractivity contribution in [2.24, 2.45) is 0 Å². The Kier molecular flexibility index (Phi) is 4.64. The molecule has 1 unspecified atom stereocenters. The molecule has 94 valence electrons. The fourth-order valence-corrected chi connectivity index (χ4v) is 3.02. The van der Waals surface area contributed by atoms with Crippen LogP contribution in [0.15, 0.2) is 49.8 Å².